The highest BCUT2D eigenvalue weighted by Gasteiger charge is 2.19. The third kappa shape index (κ3) is 2.72. The highest BCUT2D eigenvalue weighted by atomic mass is 35.5. The van der Waals surface area contributed by atoms with Gasteiger partial charge in [-0.3, -0.25) is 19.5 Å². The average Bonchev–Trinajstić information content (AvgIpc) is 2.24. The Hall–Kier alpha value is -2.09. The van der Waals surface area contributed by atoms with Gasteiger partial charge in [0.05, 0.1) is 0 Å². The van der Waals surface area contributed by atoms with Crippen LogP contribution in [0.5, 0.6) is 0 Å². The Balaban J connectivity index is 3.09. The van der Waals surface area contributed by atoms with Crippen LogP contribution in [0.3, 0.4) is 0 Å². The molecule has 0 fully saturated rings. The minimum atomic E-state index is -1.01. The highest BCUT2D eigenvalue weighted by Crippen LogP contribution is 2.10. The average molecular weight is 260 g/mol. The summed E-state index contributed by atoms with van der Waals surface area (Å²) in [6.07, 6.45) is 1.06. The molecular weight excluding hydrogens is 250 g/mol. The van der Waals surface area contributed by atoms with Crippen LogP contribution in [0.4, 0.5) is 10.5 Å². The summed E-state index contributed by atoms with van der Waals surface area (Å²) in [6, 6.07) is -1.99. The number of carbonyl (C=O) groups is 2. The Morgan fingerprint density at radius 3 is 2.71 bits per heavy atom. The van der Waals surface area contributed by atoms with E-state index < -0.39 is 23.5 Å². The third-order valence-electron chi connectivity index (χ3n) is 2.03. The van der Waals surface area contributed by atoms with Crippen molar-refractivity contribution in [3.05, 3.63) is 21.8 Å². The van der Waals surface area contributed by atoms with Gasteiger partial charge in [0.2, 0.25) is 0 Å². The second kappa shape index (κ2) is 4.83. The van der Waals surface area contributed by atoms with E-state index in [9.17, 15) is 14.4 Å². The second-order valence-corrected chi connectivity index (χ2v) is 3.55. The molecule has 92 valence electrons. The van der Waals surface area contributed by atoms with E-state index in [4.69, 9.17) is 23.1 Å². The maximum atomic E-state index is 11.6. The van der Waals surface area contributed by atoms with Crippen LogP contribution >= 0.6 is 11.6 Å². The zero-order valence-corrected chi connectivity index (χ0v) is 9.56. The molecule has 1 unspecified atom stereocenters. The first-order valence-corrected chi connectivity index (χ1v) is 4.84. The molecule has 0 aliphatic carbocycles. The van der Waals surface area contributed by atoms with Gasteiger partial charge in [-0.25, -0.2) is 9.78 Å². The summed E-state index contributed by atoms with van der Waals surface area (Å²) >= 11 is 5.53. The fraction of sp³-hybridized carbons (Fsp3) is 0.250. The van der Waals surface area contributed by atoms with Gasteiger partial charge in [0.25, 0.3) is 11.5 Å². The first-order chi connectivity index (χ1) is 7.84. The van der Waals surface area contributed by atoms with Gasteiger partial charge in [-0.2, -0.15) is 0 Å². The monoisotopic (exact) mass is 259 g/mol. The Morgan fingerprint density at radius 2 is 2.18 bits per heavy atom. The van der Waals surface area contributed by atoms with Crippen LogP contribution in [0.2, 0.25) is 5.15 Å². The molecule has 1 atom stereocenters. The summed E-state index contributed by atoms with van der Waals surface area (Å²) in [5, 5.41) is 1.70. The van der Waals surface area contributed by atoms with Crippen molar-refractivity contribution in [3.8, 4) is 0 Å². The van der Waals surface area contributed by atoms with Crippen LogP contribution in [-0.2, 0) is 4.79 Å². The summed E-state index contributed by atoms with van der Waals surface area (Å²) in [5.74, 6) is -0.747. The molecule has 17 heavy (non-hydrogen) atoms. The Bertz CT molecular complexity index is 526. The fourth-order valence-electron chi connectivity index (χ4n) is 1.09. The molecule has 1 heterocycles. The molecule has 0 saturated carbocycles. The third-order valence-corrected chi connectivity index (χ3v) is 2.33. The van der Waals surface area contributed by atoms with E-state index in [-0.39, 0.29) is 10.8 Å². The lowest BCUT2D eigenvalue weighted by Crippen LogP contribution is -2.41. The lowest BCUT2D eigenvalue weighted by atomic mass is 10.3. The Morgan fingerprint density at radius 1 is 1.59 bits per heavy atom. The number of halogens is 1. The molecule has 1 aromatic heterocycles. The van der Waals surface area contributed by atoms with Gasteiger partial charge in [0.1, 0.15) is 18.1 Å². The molecular formula is C8H10ClN5O3. The first kappa shape index (κ1) is 13.0. The number of primary amides is 1. The summed E-state index contributed by atoms with van der Waals surface area (Å²) in [7, 11) is 0. The first-order valence-electron chi connectivity index (χ1n) is 4.47. The van der Waals surface area contributed by atoms with Crippen LogP contribution < -0.4 is 22.3 Å². The number of carbonyl (C=O) groups excluding carboxylic acids is 2. The number of hydrogen-bond donors (Lipinski definition) is 3. The van der Waals surface area contributed by atoms with Crippen molar-refractivity contribution in [3.63, 3.8) is 0 Å². The van der Waals surface area contributed by atoms with Crippen molar-refractivity contribution in [1.29, 1.82) is 0 Å². The maximum absolute atomic E-state index is 11.6. The van der Waals surface area contributed by atoms with Crippen LogP contribution in [0, 0.1) is 0 Å². The standard InChI is InChI=1S/C8H10ClN5O3/c1-3(6(15)13-8(11)17)14-2-12-5(9)4(10)7(14)16/h2-3H,10H2,1H3,(H3,11,13,15,17). The van der Waals surface area contributed by atoms with Gasteiger partial charge in [-0.05, 0) is 6.92 Å². The normalized spacial score (nSPS) is 11.9. The van der Waals surface area contributed by atoms with E-state index in [0.29, 0.717) is 0 Å². The zero-order chi connectivity index (χ0) is 13.2. The molecule has 0 saturated heterocycles. The van der Waals surface area contributed by atoms with Crippen molar-refractivity contribution in [2.45, 2.75) is 13.0 Å². The summed E-state index contributed by atoms with van der Waals surface area (Å²) in [5.41, 5.74) is 9.21. The van der Waals surface area contributed by atoms with Gasteiger partial charge in [-0.1, -0.05) is 11.6 Å². The zero-order valence-electron chi connectivity index (χ0n) is 8.81. The predicted octanol–water partition coefficient (Wildman–Crippen LogP) is -0.765. The number of rotatable bonds is 2. The second-order valence-electron chi connectivity index (χ2n) is 3.19. The topological polar surface area (TPSA) is 133 Å². The van der Waals surface area contributed by atoms with E-state index in [1.165, 1.54) is 6.92 Å². The van der Waals surface area contributed by atoms with Crippen LogP contribution in [0.25, 0.3) is 0 Å². The van der Waals surface area contributed by atoms with Crippen LogP contribution in [0.1, 0.15) is 13.0 Å². The van der Waals surface area contributed by atoms with Crippen LogP contribution in [0.15, 0.2) is 11.1 Å². The number of nitrogens with two attached hydrogens (primary N) is 2. The van der Waals surface area contributed by atoms with E-state index >= 15 is 0 Å². The summed E-state index contributed by atoms with van der Waals surface area (Å²) < 4.78 is 0.944. The molecule has 3 amide bonds. The Labute approximate surface area is 101 Å². The molecule has 0 spiro atoms. The molecule has 8 nitrogen and oxygen atoms in total. The number of hydrogen-bond acceptors (Lipinski definition) is 5. The number of nitrogens with zero attached hydrogens (tertiary/aromatic N) is 2. The Kier molecular flexibility index (Phi) is 3.69. The van der Waals surface area contributed by atoms with Crippen LogP contribution in [-0.4, -0.2) is 21.5 Å². The number of nitrogen functional groups attached to an aromatic ring is 1. The van der Waals surface area contributed by atoms with Gasteiger partial charge in [0.15, 0.2) is 5.15 Å². The van der Waals surface area contributed by atoms with E-state index in [1.807, 2.05) is 5.32 Å². The molecule has 0 aliphatic heterocycles. The van der Waals surface area contributed by atoms with Crippen molar-refractivity contribution >= 4 is 29.2 Å². The smallest absolute Gasteiger partial charge is 0.318 e. The minimum absolute atomic E-state index is 0.145. The SMILES string of the molecule is CC(C(=O)NC(N)=O)n1cnc(Cl)c(N)c1=O. The lowest BCUT2D eigenvalue weighted by Gasteiger charge is -2.13. The van der Waals surface area contributed by atoms with Gasteiger partial charge < -0.3 is 11.5 Å². The fourth-order valence-corrected chi connectivity index (χ4v) is 1.21. The lowest BCUT2D eigenvalue weighted by molar-refractivity contribution is -0.122. The van der Waals surface area contributed by atoms with E-state index in [0.717, 1.165) is 10.9 Å². The highest BCUT2D eigenvalue weighted by molar-refractivity contribution is 6.31. The maximum Gasteiger partial charge on any atom is 0.318 e. The number of nitrogens with one attached hydrogen (secondary N) is 1. The predicted molar refractivity (Wildman–Crippen MR) is 60.4 cm³/mol. The molecule has 1 aromatic rings. The van der Waals surface area contributed by atoms with Crippen molar-refractivity contribution in [2.75, 3.05) is 5.73 Å². The molecule has 0 radical (unpaired) electrons. The van der Waals surface area contributed by atoms with Gasteiger partial charge in [-0.15, -0.1) is 0 Å². The molecule has 5 N–H and O–H groups in total. The van der Waals surface area contributed by atoms with Gasteiger partial charge in [0, 0.05) is 0 Å². The number of amides is 3. The molecule has 0 aliphatic rings. The number of anilines is 1. The number of urea groups is 1. The number of imide groups is 1. The van der Waals surface area contributed by atoms with E-state index in [2.05, 4.69) is 4.98 Å². The number of aromatic nitrogens is 2. The van der Waals surface area contributed by atoms with Crippen molar-refractivity contribution in [2.24, 2.45) is 5.73 Å². The minimum Gasteiger partial charge on any atom is -0.392 e. The summed E-state index contributed by atoms with van der Waals surface area (Å²) in [6.45, 7) is 1.38. The summed E-state index contributed by atoms with van der Waals surface area (Å²) in [4.78, 5) is 37.2. The quantitative estimate of drug-likeness (QED) is 0.600. The molecule has 9 heteroatoms. The largest absolute Gasteiger partial charge is 0.392 e. The molecule has 0 aromatic carbocycles. The van der Waals surface area contributed by atoms with Crippen molar-refractivity contribution < 1.29 is 9.59 Å². The molecule has 0 bridgehead atoms. The molecule has 1 rings (SSSR count). The van der Waals surface area contributed by atoms with Crippen molar-refractivity contribution in [1.82, 2.24) is 14.9 Å². The van der Waals surface area contributed by atoms with Gasteiger partial charge >= 0.3 is 6.03 Å². The van der Waals surface area contributed by atoms with E-state index in [1.54, 1.807) is 0 Å².